The molecule has 1 fully saturated rings. The average Bonchev–Trinajstić information content (AvgIpc) is 2.49. The van der Waals surface area contributed by atoms with Crippen molar-refractivity contribution in [2.75, 3.05) is 26.2 Å². The Labute approximate surface area is 158 Å². The van der Waals surface area contributed by atoms with Gasteiger partial charge >= 0.3 is 0 Å². The molecule has 0 aromatic heterocycles. The van der Waals surface area contributed by atoms with Crippen molar-refractivity contribution in [1.82, 2.24) is 15.5 Å². The number of carbonyl (C=O) groups excluding carboxylic acids is 2. The van der Waals surface area contributed by atoms with Crippen LogP contribution in [-0.2, 0) is 9.59 Å². The summed E-state index contributed by atoms with van der Waals surface area (Å²) in [5.74, 6) is 0.424. The van der Waals surface area contributed by atoms with E-state index in [1.54, 1.807) is 0 Å². The summed E-state index contributed by atoms with van der Waals surface area (Å²) in [5, 5.41) is 5.46. The Hall–Kier alpha value is -0.560. The first kappa shape index (κ1) is 25.7. The number of likely N-dealkylation sites (tertiary alicyclic amines) is 1. The van der Waals surface area contributed by atoms with Crippen molar-refractivity contribution in [2.45, 2.75) is 52.6 Å². The van der Waals surface area contributed by atoms with Crippen molar-refractivity contribution in [1.29, 1.82) is 0 Å². The van der Waals surface area contributed by atoms with E-state index in [4.69, 9.17) is 5.73 Å². The van der Waals surface area contributed by atoms with Crippen molar-refractivity contribution < 1.29 is 9.59 Å². The highest BCUT2D eigenvalue weighted by atomic mass is 35.5. The topological polar surface area (TPSA) is 87.5 Å². The first-order valence-electron chi connectivity index (χ1n) is 8.35. The average molecular weight is 385 g/mol. The standard InChI is InChI=1S/C16H32N4O2.2ClH/c1-11(2)15(17)16(22)19-10-14(21)18-9-13(4)20-7-5-12(3)6-8-20;;/h11-13,15H,5-10,17H2,1-4H3,(H,18,21)(H,19,22);2*1H/t13?,15-;;/m0../s1. The molecular weight excluding hydrogens is 351 g/mol. The van der Waals surface area contributed by atoms with E-state index < -0.39 is 6.04 Å². The van der Waals surface area contributed by atoms with Crippen LogP contribution in [0.2, 0.25) is 0 Å². The van der Waals surface area contributed by atoms with Crippen LogP contribution >= 0.6 is 24.8 Å². The van der Waals surface area contributed by atoms with E-state index in [0.29, 0.717) is 12.6 Å². The Kier molecular flexibility index (Phi) is 13.6. The van der Waals surface area contributed by atoms with Gasteiger partial charge in [-0.2, -0.15) is 0 Å². The highest BCUT2D eigenvalue weighted by molar-refractivity contribution is 5.87. The van der Waals surface area contributed by atoms with Crippen molar-refractivity contribution in [3.63, 3.8) is 0 Å². The van der Waals surface area contributed by atoms with Gasteiger partial charge in [-0.25, -0.2) is 0 Å². The van der Waals surface area contributed by atoms with Crippen LogP contribution in [0.5, 0.6) is 0 Å². The van der Waals surface area contributed by atoms with Crippen LogP contribution in [0.1, 0.15) is 40.5 Å². The third-order valence-corrected chi connectivity index (χ3v) is 4.48. The van der Waals surface area contributed by atoms with Gasteiger partial charge in [0.1, 0.15) is 0 Å². The Morgan fingerprint density at radius 3 is 2.17 bits per heavy atom. The third-order valence-electron chi connectivity index (χ3n) is 4.48. The van der Waals surface area contributed by atoms with Gasteiger partial charge in [0.25, 0.3) is 0 Å². The zero-order valence-corrected chi connectivity index (χ0v) is 16.8. The van der Waals surface area contributed by atoms with Gasteiger partial charge in [0, 0.05) is 12.6 Å². The molecule has 0 saturated carbocycles. The molecule has 144 valence electrons. The van der Waals surface area contributed by atoms with E-state index >= 15 is 0 Å². The fraction of sp³-hybridized carbons (Fsp3) is 0.875. The minimum atomic E-state index is -0.568. The summed E-state index contributed by atoms with van der Waals surface area (Å²) in [7, 11) is 0. The molecule has 0 aromatic rings. The van der Waals surface area contributed by atoms with Crippen molar-refractivity contribution in [3.8, 4) is 0 Å². The van der Waals surface area contributed by atoms with Crippen LogP contribution in [0.3, 0.4) is 0 Å². The second-order valence-corrected chi connectivity index (χ2v) is 6.86. The molecule has 1 saturated heterocycles. The van der Waals surface area contributed by atoms with Gasteiger partial charge in [-0.15, -0.1) is 24.8 Å². The molecule has 2 amide bonds. The maximum atomic E-state index is 11.8. The van der Waals surface area contributed by atoms with Gasteiger partial charge in [-0.1, -0.05) is 20.8 Å². The molecule has 24 heavy (non-hydrogen) atoms. The molecule has 0 bridgehead atoms. The number of hydrogen-bond donors (Lipinski definition) is 3. The minimum absolute atomic E-state index is 0. The lowest BCUT2D eigenvalue weighted by Crippen LogP contribution is -2.49. The molecule has 1 rings (SSSR count). The molecule has 1 aliphatic rings. The molecule has 0 radical (unpaired) electrons. The molecule has 1 unspecified atom stereocenters. The summed E-state index contributed by atoms with van der Waals surface area (Å²) in [5.41, 5.74) is 5.73. The van der Waals surface area contributed by atoms with Gasteiger partial charge in [-0.3, -0.25) is 14.5 Å². The monoisotopic (exact) mass is 384 g/mol. The number of rotatable bonds is 7. The summed E-state index contributed by atoms with van der Waals surface area (Å²) in [4.78, 5) is 25.9. The third kappa shape index (κ3) is 9.06. The fourth-order valence-corrected chi connectivity index (χ4v) is 2.51. The van der Waals surface area contributed by atoms with Crippen LogP contribution in [0.4, 0.5) is 0 Å². The maximum Gasteiger partial charge on any atom is 0.239 e. The summed E-state index contributed by atoms with van der Waals surface area (Å²) >= 11 is 0. The van der Waals surface area contributed by atoms with E-state index in [1.165, 1.54) is 12.8 Å². The molecule has 0 aromatic carbocycles. The quantitative estimate of drug-likeness (QED) is 0.614. The molecule has 8 heteroatoms. The van der Waals surface area contributed by atoms with E-state index in [1.807, 2.05) is 13.8 Å². The zero-order valence-electron chi connectivity index (χ0n) is 15.2. The summed E-state index contributed by atoms with van der Waals surface area (Å²) < 4.78 is 0. The second-order valence-electron chi connectivity index (χ2n) is 6.86. The lowest BCUT2D eigenvalue weighted by atomic mass is 9.98. The number of amides is 2. The van der Waals surface area contributed by atoms with Crippen LogP contribution in [0, 0.1) is 11.8 Å². The molecular formula is C16H34Cl2N4O2. The molecule has 4 N–H and O–H groups in total. The predicted octanol–water partition coefficient (Wildman–Crippen LogP) is 1.17. The van der Waals surface area contributed by atoms with Crippen LogP contribution < -0.4 is 16.4 Å². The van der Waals surface area contributed by atoms with Crippen LogP contribution in [0.15, 0.2) is 0 Å². The number of nitrogens with two attached hydrogens (primary N) is 1. The van der Waals surface area contributed by atoms with E-state index in [9.17, 15) is 9.59 Å². The normalized spacial score (nSPS) is 18.1. The molecule has 1 heterocycles. The maximum absolute atomic E-state index is 11.8. The van der Waals surface area contributed by atoms with Gasteiger partial charge in [0.05, 0.1) is 12.6 Å². The molecule has 0 aliphatic carbocycles. The Morgan fingerprint density at radius 1 is 1.12 bits per heavy atom. The Morgan fingerprint density at radius 2 is 1.67 bits per heavy atom. The molecule has 6 nitrogen and oxygen atoms in total. The first-order valence-corrected chi connectivity index (χ1v) is 8.35. The van der Waals surface area contributed by atoms with Crippen molar-refractivity contribution >= 4 is 36.6 Å². The Bertz CT molecular complexity index is 375. The van der Waals surface area contributed by atoms with Gasteiger partial charge in [-0.05, 0) is 44.7 Å². The summed E-state index contributed by atoms with van der Waals surface area (Å²) in [6, 6.07) is -0.243. The van der Waals surface area contributed by atoms with Crippen molar-refractivity contribution in [3.05, 3.63) is 0 Å². The fourth-order valence-electron chi connectivity index (χ4n) is 2.51. The smallest absolute Gasteiger partial charge is 0.239 e. The highest BCUT2D eigenvalue weighted by Crippen LogP contribution is 2.17. The SMILES string of the molecule is CC1CCN(C(C)CNC(=O)CNC(=O)[C@@H](N)C(C)C)CC1.Cl.Cl. The first-order chi connectivity index (χ1) is 10.3. The largest absolute Gasteiger partial charge is 0.353 e. The van der Waals surface area contributed by atoms with E-state index in [-0.39, 0.29) is 49.1 Å². The molecule has 0 spiro atoms. The van der Waals surface area contributed by atoms with Gasteiger partial charge < -0.3 is 16.4 Å². The van der Waals surface area contributed by atoms with Gasteiger partial charge in [0.2, 0.25) is 11.8 Å². The zero-order chi connectivity index (χ0) is 16.7. The highest BCUT2D eigenvalue weighted by Gasteiger charge is 2.21. The number of nitrogens with zero attached hydrogens (tertiary/aromatic N) is 1. The summed E-state index contributed by atoms with van der Waals surface area (Å²) in [6.45, 7) is 11.0. The van der Waals surface area contributed by atoms with Crippen LogP contribution in [0.25, 0.3) is 0 Å². The molecule has 2 atom stereocenters. The summed E-state index contributed by atoms with van der Waals surface area (Å²) in [6.07, 6.45) is 2.45. The van der Waals surface area contributed by atoms with Crippen LogP contribution in [-0.4, -0.2) is 55.0 Å². The Balaban J connectivity index is 0. The predicted molar refractivity (Wildman–Crippen MR) is 103 cm³/mol. The van der Waals surface area contributed by atoms with E-state index in [2.05, 4.69) is 29.4 Å². The minimum Gasteiger partial charge on any atom is -0.353 e. The lowest BCUT2D eigenvalue weighted by molar-refractivity contribution is -0.127. The van der Waals surface area contributed by atoms with Crippen molar-refractivity contribution in [2.24, 2.45) is 17.6 Å². The number of hydrogen-bond acceptors (Lipinski definition) is 4. The van der Waals surface area contributed by atoms with Gasteiger partial charge in [0.15, 0.2) is 0 Å². The number of nitrogens with one attached hydrogen (secondary N) is 2. The number of halogens is 2. The number of carbonyl (C=O) groups is 2. The lowest BCUT2D eigenvalue weighted by Gasteiger charge is -2.35. The molecule has 1 aliphatic heterocycles. The second kappa shape index (κ2) is 12.8. The van der Waals surface area contributed by atoms with E-state index in [0.717, 1.165) is 19.0 Å². The number of piperidine rings is 1.